The number of amides is 1. The summed E-state index contributed by atoms with van der Waals surface area (Å²) in [5.74, 6) is 0.639. The number of carbonyl (C=O) groups excluding carboxylic acids is 1. The van der Waals surface area contributed by atoms with E-state index < -0.39 is 0 Å². The molecular weight excluding hydrogens is 264 g/mol. The Morgan fingerprint density at radius 2 is 2.42 bits per heavy atom. The molecule has 19 heavy (non-hydrogen) atoms. The summed E-state index contributed by atoms with van der Waals surface area (Å²) >= 11 is 5.78. The van der Waals surface area contributed by atoms with E-state index >= 15 is 0 Å². The van der Waals surface area contributed by atoms with Crippen molar-refractivity contribution in [3.63, 3.8) is 0 Å². The van der Waals surface area contributed by atoms with Gasteiger partial charge in [0, 0.05) is 18.7 Å². The van der Waals surface area contributed by atoms with Gasteiger partial charge in [-0.25, -0.2) is 4.98 Å². The van der Waals surface area contributed by atoms with Gasteiger partial charge in [-0.05, 0) is 37.6 Å². The van der Waals surface area contributed by atoms with Gasteiger partial charge in [0.25, 0.3) is 5.91 Å². The first-order valence-electron chi connectivity index (χ1n) is 6.52. The van der Waals surface area contributed by atoms with Crippen molar-refractivity contribution in [2.45, 2.75) is 13.3 Å². The standard InChI is InChI=1S/C13H19ClN4O/c1-2-18-4-3-9(8-18)7-16-13(19)10-5-11(14)17-12(15)6-10/h5-6,9H,2-4,7-8H2,1H3,(H2,15,17)(H,16,19). The Morgan fingerprint density at radius 3 is 3.05 bits per heavy atom. The van der Waals surface area contributed by atoms with Crippen LogP contribution in [0, 0.1) is 5.92 Å². The Kier molecular flexibility index (Phi) is 4.61. The lowest BCUT2D eigenvalue weighted by molar-refractivity contribution is 0.0947. The zero-order valence-electron chi connectivity index (χ0n) is 11.0. The first kappa shape index (κ1) is 14.1. The van der Waals surface area contributed by atoms with Crippen molar-refractivity contribution in [1.82, 2.24) is 15.2 Å². The minimum atomic E-state index is -0.147. The molecule has 1 saturated heterocycles. The molecule has 1 aliphatic heterocycles. The smallest absolute Gasteiger partial charge is 0.251 e. The van der Waals surface area contributed by atoms with Crippen molar-refractivity contribution in [3.8, 4) is 0 Å². The average Bonchev–Trinajstić information content (AvgIpc) is 2.82. The first-order valence-corrected chi connectivity index (χ1v) is 6.90. The molecule has 1 fully saturated rings. The Labute approximate surface area is 118 Å². The van der Waals surface area contributed by atoms with E-state index in [1.807, 2.05) is 0 Å². The maximum Gasteiger partial charge on any atom is 0.251 e. The van der Waals surface area contributed by atoms with Crippen LogP contribution in [0.3, 0.4) is 0 Å². The number of halogens is 1. The van der Waals surface area contributed by atoms with E-state index in [4.69, 9.17) is 17.3 Å². The summed E-state index contributed by atoms with van der Waals surface area (Å²) in [5, 5.41) is 3.17. The third-order valence-corrected chi connectivity index (χ3v) is 3.64. The minimum Gasteiger partial charge on any atom is -0.384 e. The molecule has 1 aromatic heterocycles. The van der Waals surface area contributed by atoms with Crippen molar-refractivity contribution >= 4 is 23.3 Å². The molecule has 0 bridgehead atoms. The van der Waals surface area contributed by atoms with Gasteiger partial charge in [-0.3, -0.25) is 4.79 Å². The largest absolute Gasteiger partial charge is 0.384 e. The van der Waals surface area contributed by atoms with Crippen molar-refractivity contribution in [2.24, 2.45) is 5.92 Å². The van der Waals surface area contributed by atoms with Crippen LogP contribution in [-0.2, 0) is 0 Å². The SMILES string of the molecule is CCN1CCC(CNC(=O)c2cc(N)nc(Cl)c2)C1. The fourth-order valence-corrected chi connectivity index (χ4v) is 2.57. The summed E-state index contributed by atoms with van der Waals surface area (Å²) in [7, 11) is 0. The molecule has 1 atom stereocenters. The molecule has 1 unspecified atom stereocenters. The van der Waals surface area contributed by atoms with E-state index in [2.05, 4.69) is 22.1 Å². The second kappa shape index (κ2) is 6.21. The van der Waals surface area contributed by atoms with Gasteiger partial charge < -0.3 is 16.0 Å². The number of carbonyl (C=O) groups is 1. The highest BCUT2D eigenvalue weighted by Gasteiger charge is 2.21. The highest BCUT2D eigenvalue weighted by atomic mass is 35.5. The third-order valence-electron chi connectivity index (χ3n) is 3.44. The third kappa shape index (κ3) is 3.81. The number of rotatable bonds is 4. The molecule has 6 heteroatoms. The Balaban J connectivity index is 1.87. The number of nitrogen functional groups attached to an aromatic ring is 1. The van der Waals surface area contributed by atoms with Crippen LogP contribution in [0.2, 0.25) is 5.15 Å². The van der Waals surface area contributed by atoms with E-state index in [9.17, 15) is 4.79 Å². The van der Waals surface area contributed by atoms with E-state index in [1.165, 1.54) is 12.1 Å². The number of nitrogens with zero attached hydrogens (tertiary/aromatic N) is 2. The molecule has 5 nitrogen and oxygen atoms in total. The van der Waals surface area contributed by atoms with Crippen LogP contribution >= 0.6 is 11.6 Å². The summed E-state index contributed by atoms with van der Waals surface area (Å²) in [4.78, 5) is 18.2. The molecule has 0 aromatic carbocycles. The van der Waals surface area contributed by atoms with Gasteiger partial charge >= 0.3 is 0 Å². The minimum absolute atomic E-state index is 0.147. The number of likely N-dealkylation sites (tertiary alicyclic amines) is 1. The van der Waals surface area contributed by atoms with Crippen LogP contribution in [0.1, 0.15) is 23.7 Å². The predicted octanol–water partition coefficient (Wildman–Crippen LogP) is 1.39. The van der Waals surface area contributed by atoms with Crippen molar-refractivity contribution in [2.75, 3.05) is 31.9 Å². The molecule has 1 aromatic rings. The Hall–Kier alpha value is -1.33. The Morgan fingerprint density at radius 1 is 1.63 bits per heavy atom. The zero-order valence-corrected chi connectivity index (χ0v) is 11.8. The number of hydrogen-bond acceptors (Lipinski definition) is 4. The maximum absolute atomic E-state index is 12.0. The number of nitrogens with one attached hydrogen (secondary N) is 1. The number of pyridine rings is 1. The van der Waals surface area contributed by atoms with Gasteiger partial charge in [0.1, 0.15) is 11.0 Å². The normalized spacial score (nSPS) is 19.6. The number of aromatic nitrogens is 1. The monoisotopic (exact) mass is 282 g/mol. The first-order chi connectivity index (χ1) is 9.08. The quantitative estimate of drug-likeness (QED) is 0.819. The second-order valence-electron chi connectivity index (χ2n) is 4.86. The van der Waals surface area contributed by atoms with Crippen LogP contribution < -0.4 is 11.1 Å². The van der Waals surface area contributed by atoms with Gasteiger partial charge in [-0.15, -0.1) is 0 Å². The fraction of sp³-hybridized carbons (Fsp3) is 0.538. The maximum atomic E-state index is 12.0. The summed E-state index contributed by atoms with van der Waals surface area (Å²) in [6, 6.07) is 3.06. The predicted molar refractivity (Wildman–Crippen MR) is 76.2 cm³/mol. The highest BCUT2D eigenvalue weighted by Crippen LogP contribution is 2.15. The molecular formula is C13H19ClN4O. The molecule has 0 saturated carbocycles. The molecule has 104 valence electrons. The molecule has 0 spiro atoms. The number of nitrogens with two attached hydrogens (primary N) is 1. The lowest BCUT2D eigenvalue weighted by atomic mass is 10.1. The van der Waals surface area contributed by atoms with Crippen LogP contribution in [0.25, 0.3) is 0 Å². The summed E-state index contributed by atoms with van der Waals surface area (Å²) in [6.45, 7) is 6.08. The van der Waals surface area contributed by atoms with Crippen molar-refractivity contribution in [3.05, 3.63) is 22.8 Å². The molecule has 3 N–H and O–H groups in total. The lowest BCUT2D eigenvalue weighted by Crippen LogP contribution is -2.31. The van der Waals surface area contributed by atoms with Crippen LogP contribution in [0.15, 0.2) is 12.1 Å². The molecule has 2 heterocycles. The van der Waals surface area contributed by atoms with Gasteiger partial charge in [0.2, 0.25) is 0 Å². The molecule has 1 aliphatic rings. The number of anilines is 1. The van der Waals surface area contributed by atoms with Crippen molar-refractivity contribution < 1.29 is 4.79 Å². The highest BCUT2D eigenvalue weighted by molar-refractivity contribution is 6.29. The van der Waals surface area contributed by atoms with E-state index in [1.54, 1.807) is 0 Å². The fourth-order valence-electron chi connectivity index (χ4n) is 2.35. The van der Waals surface area contributed by atoms with E-state index in [0.29, 0.717) is 18.0 Å². The van der Waals surface area contributed by atoms with E-state index in [0.717, 1.165) is 26.1 Å². The summed E-state index contributed by atoms with van der Waals surface area (Å²) in [6.07, 6.45) is 1.13. The Bertz CT molecular complexity index is 446. The molecule has 0 aliphatic carbocycles. The lowest BCUT2D eigenvalue weighted by Gasteiger charge is -2.13. The molecule has 2 rings (SSSR count). The van der Waals surface area contributed by atoms with E-state index in [-0.39, 0.29) is 16.9 Å². The van der Waals surface area contributed by atoms with Gasteiger partial charge in [-0.2, -0.15) is 0 Å². The molecule has 1 amide bonds. The summed E-state index contributed by atoms with van der Waals surface area (Å²) < 4.78 is 0. The van der Waals surface area contributed by atoms with Gasteiger partial charge in [0.05, 0.1) is 0 Å². The topological polar surface area (TPSA) is 71.2 Å². The average molecular weight is 283 g/mol. The van der Waals surface area contributed by atoms with Crippen molar-refractivity contribution in [1.29, 1.82) is 0 Å². The second-order valence-corrected chi connectivity index (χ2v) is 5.25. The van der Waals surface area contributed by atoms with Gasteiger partial charge in [0.15, 0.2) is 0 Å². The van der Waals surface area contributed by atoms with Crippen LogP contribution in [0.4, 0.5) is 5.82 Å². The van der Waals surface area contributed by atoms with Crippen LogP contribution in [0.5, 0.6) is 0 Å². The summed E-state index contributed by atoms with van der Waals surface area (Å²) in [5.41, 5.74) is 6.03. The molecule has 0 radical (unpaired) electrons. The zero-order chi connectivity index (χ0) is 13.8. The van der Waals surface area contributed by atoms with Gasteiger partial charge in [-0.1, -0.05) is 18.5 Å². The van der Waals surface area contributed by atoms with Crippen LogP contribution in [-0.4, -0.2) is 42.0 Å². The number of hydrogen-bond donors (Lipinski definition) is 2.